The van der Waals surface area contributed by atoms with Gasteiger partial charge in [0.2, 0.25) is 5.91 Å². The van der Waals surface area contributed by atoms with Crippen molar-refractivity contribution in [1.29, 1.82) is 0 Å². The zero-order valence-electron chi connectivity index (χ0n) is 9.88. The SMILES string of the molecule is O=C(O)/C=C/c1ccc(C(=O)NC2CNC(=O)C2)s1. The van der Waals surface area contributed by atoms with Crippen LogP contribution in [0.1, 0.15) is 21.0 Å². The van der Waals surface area contributed by atoms with E-state index in [1.165, 1.54) is 17.4 Å². The number of aliphatic carboxylic acids is 1. The summed E-state index contributed by atoms with van der Waals surface area (Å²) in [5.41, 5.74) is 0. The summed E-state index contributed by atoms with van der Waals surface area (Å²) >= 11 is 1.20. The fraction of sp³-hybridized carbons (Fsp3) is 0.250. The van der Waals surface area contributed by atoms with Crippen molar-refractivity contribution in [2.45, 2.75) is 12.5 Å². The highest BCUT2D eigenvalue weighted by atomic mass is 32.1. The van der Waals surface area contributed by atoms with Gasteiger partial charge in [0.1, 0.15) is 0 Å². The summed E-state index contributed by atoms with van der Waals surface area (Å²) in [7, 11) is 0. The number of hydrogen-bond donors (Lipinski definition) is 3. The maximum Gasteiger partial charge on any atom is 0.328 e. The Morgan fingerprint density at radius 1 is 1.47 bits per heavy atom. The predicted molar refractivity (Wildman–Crippen MR) is 69.9 cm³/mol. The molecule has 6 nitrogen and oxygen atoms in total. The van der Waals surface area contributed by atoms with Crippen LogP contribution in [0.4, 0.5) is 0 Å². The van der Waals surface area contributed by atoms with Crippen LogP contribution in [0.25, 0.3) is 6.08 Å². The molecule has 19 heavy (non-hydrogen) atoms. The van der Waals surface area contributed by atoms with Gasteiger partial charge in [-0.2, -0.15) is 0 Å². The highest BCUT2D eigenvalue weighted by Crippen LogP contribution is 2.18. The number of rotatable bonds is 4. The van der Waals surface area contributed by atoms with Gasteiger partial charge in [-0.25, -0.2) is 4.79 Å². The van der Waals surface area contributed by atoms with Gasteiger partial charge in [0.05, 0.1) is 10.9 Å². The molecule has 2 amide bonds. The van der Waals surface area contributed by atoms with Crippen LogP contribution < -0.4 is 10.6 Å². The Morgan fingerprint density at radius 3 is 2.89 bits per heavy atom. The second-order valence-corrected chi connectivity index (χ2v) is 5.17. The standard InChI is InChI=1S/C12H12N2O4S/c15-10-5-7(6-13-10)14-12(18)9-3-1-8(19-9)2-4-11(16)17/h1-4,7H,5-6H2,(H,13,15)(H,14,18)(H,16,17)/b4-2+. The number of amides is 2. The molecule has 1 aromatic heterocycles. The molecule has 0 radical (unpaired) electrons. The Bertz CT molecular complexity index is 550. The molecule has 2 heterocycles. The quantitative estimate of drug-likeness (QED) is 0.698. The summed E-state index contributed by atoms with van der Waals surface area (Å²) in [6, 6.07) is 3.13. The van der Waals surface area contributed by atoms with Crippen LogP contribution in [0.2, 0.25) is 0 Å². The molecule has 1 unspecified atom stereocenters. The largest absolute Gasteiger partial charge is 0.478 e. The van der Waals surface area contributed by atoms with Gasteiger partial charge in [-0.3, -0.25) is 9.59 Å². The van der Waals surface area contributed by atoms with Crippen LogP contribution in [-0.2, 0) is 9.59 Å². The summed E-state index contributed by atoms with van der Waals surface area (Å²) in [5, 5.41) is 13.9. The topological polar surface area (TPSA) is 95.5 Å². The van der Waals surface area contributed by atoms with Crippen LogP contribution in [0, 0.1) is 0 Å². The summed E-state index contributed by atoms with van der Waals surface area (Å²) in [5.74, 6) is -1.35. The van der Waals surface area contributed by atoms with Crippen molar-refractivity contribution in [2.75, 3.05) is 6.54 Å². The molecule has 1 aliphatic heterocycles. The average Bonchev–Trinajstić information content (AvgIpc) is 2.95. The number of carboxylic acids is 1. The molecule has 1 aliphatic rings. The fourth-order valence-corrected chi connectivity index (χ4v) is 2.50. The molecule has 0 saturated carbocycles. The van der Waals surface area contributed by atoms with Crippen molar-refractivity contribution in [3.63, 3.8) is 0 Å². The van der Waals surface area contributed by atoms with Crippen LogP contribution >= 0.6 is 11.3 Å². The maximum atomic E-state index is 11.9. The van der Waals surface area contributed by atoms with Gasteiger partial charge in [-0.05, 0) is 18.2 Å². The predicted octanol–water partition coefficient (Wildman–Crippen LogP) is 0.464. The minimum atomic E-state index is -1.03. The molecule has 0 aromatic carbocycles. The van der Waals surface area contributed by atoms with Crippen LogP contribution in [0.3, 0.4) is 0 Å². The maximum absolute atomic E-state index is 11.9. The number of carboxylic acid groups (broad SMARTS) is 1. The summed E-state index contributed by atoms with van der Waals surface area (Å²) in [6.45, 7) is 0.446. The fourth-order valence-electron chi connectivity index (χ4n) is 1.68. The average molecular weight is 280 g/mol. The number of carbonyl (C=O) groups excluding carboxylic acids is 2. The lowest BCUT2D eigenvalue weighted by atomic mass is 10.2. The highest BCUT2D eigenvalue weighted by molar-refractivity contribution is 7.14. The second-order valence-electron chi connectivity index (χ2n) is 4.05. The van der Waals surface area contributed by atoms with Crippen molar-refractivity contribution in [3.05, 3.63) is 28.0 Å². The molecule has 0 bridgehead atoms. The van der Waals surface area contributed by atoms with Crippen LogP contribution in [0.5, 0.6) is 0 Å². The van der Waals surface area contributed by atoms with E-state index in [1.54, 1.807) is 12.1 Å². The molecule has 1 atom stereocenters. The molecule has 2 rings (SSSR count). The van der Waals surface area contributed by atoms with Gasteiger partial charge in [0, 0.05) is 23.9 Å². The first-order valence-corrected chi connectivity index (χ1v) is 6.44. The summed E-state index contributed by atoms with van der Waals surface area (Å²) < 4.78 is 0. The van der Waals surface area contributed by atoms with E-state index in [0.29, 0.717) is 22.7 Å². The molecule has 0 aliphatic carbocycles. The molecule has 1 aromatic rings. The van der Waals surface area contributed by atoms with Gasteiger partial charge < -0.3 is 15.7 Å². The smallest absolute Gasteiger partial charge is 0.328 e. The normalized spacial score (nSPS) is 18.5. The Labute approximate surface area is 113 Å². The van der Waals surface area contributed by atoms with Crippen LogP contribution in [-0.4, -0.2) is 35.5 Å². The molecule has 3 N–H and O–H groups in total. The number of nitrogens with one attached hydrogen (secondary N) is 2. The van der Waals surface area contributed by atoms with Crippen LogP contribution in [0.15, 0.2) is 18.2 Å². The zero-order chi connectivity index (χ0) is 13.8. The van der Waals surface area contributed by atoms with E-state index < -0.39 is 5.97 Å². The monoisotopic (exact) mass is 280 g/mol. The van der Waals surface area contributed by atoms with Gasteiger partial charge in [0.25, 0.3) is 5.91 Å². The highest BCUT2D eigenvalue weighted by Gasteiger charge is 2.23. The lowest BCUT2D eigenvalue weighted by Crippen LogP contribution is -2.35. The first kappa shape index (κ1) is 13.3. The molecule has 100 valence electrons. The summed E-state index contributed by atoms with van der Waals surface area (Å²) in [6.07, 6.45) is 2.75. The lowest BCUT2D eigenvalue weighted by molar-refractivity contribution is -0.131. The van der Waals surface area contributed by atoms with Crippen molar-refractivity contribution in [2.24, 2.45) is 0 Å². The number of carbonyl (C=O) groups is 3. The van der Waals surface area contributed by atoms with Gasteiger partial charge in [0.15, 0.2) is 0 Å². The van der Waals surface area contributed by atoms with E-state index in [4.69, 9.17) is 5.11 Å². The molecule has 7 heteroatoms. The van der Waals surface area contributed by atoms with E-state index in [9.17, 15) is 14.4 Å². The number of thiophene rings is 1. The van der Waals surface area contributed by atoms with E-state index in [-0.39, 0.29) is 17.9 Å². The molecule has 1 saturated heterocycles. The third-order valence-corrected chi connectivity index (χ3v) is 3.60. The molecule has 0 spiro atoms. The van der Waals surface area contributed by atoms with E-state index in [1.807, 2.05) is 0 Å². The molecular formula is C12H12N2O4S. The Kier molecular flexibility index (Phi) is 3.96. The van der Waals surface area contributed by atoms with Gasteiger partial charge in [-0.15, -0.1) is 11.3 Å². The van der Waals surface area contributed by atoms with Gasteiger partial charge in [-0.1, -0.05) is 0 Å². The number of hydrogen-bond acceptors (Lipinski definition) is 4. The first-order valence-electron chi connectivity index (χ1n) is 5.63. The minimum Gasteiger partial charge on any atom is -0.478 e. The molecule has 1 fully saturated rings. The Balaban J connectivity index is 1.96. The third kappa shape index (κ3) is 3.65. The van der Waals surface area contributed by atoms with E-state index in [2.05, 4.69) is 10.6 Å². The second kappa shape index (κ2) is 5.66. The lowest BCUT2D eigenvalue weighted by Gasteiger charge is -2.08. The zero-order valence-corrected chi connectivity index (χ0v) is 10.7. The third-order valence-electron chi connectivity index (χ3n) is 2.55. The Morgan fingerprint density at radius 2 is 2.26 bits per heavy atom. The Hall–Kier alpha value is -2.15. The van der Waals surface area contributed by atoms with Crippen molar-refractivity contribution >= 4 is 35.2 Å². The summed E-state index contributed by atoms with van der Waals surface area (Å²) in [4.78, 5) is 34.4. The molecular weight excluding hydrogens is 268 g/mol. The van der Waals surface area contributed by atoms with Gasteiger partial charge >= 0.3 is 5.97 Å². The van der Waals surface area contributed by atoms with Crippen molar-refractivity contribution in [3.8, 4) is 0 Å². The van der Waals surface area contributed by atoms with E-state index >= 15 is 0 Å². The van der Waals surface area contributed by atoms with E-state index in [0.717, 1.165) is 6.08 Å². The first-order chi connectivity index (χ1) is 9.04. The minimum absolute atomic E-state index is 0.0680. The van der Waals surface area contributed by atoms with Crippen molar-refractivity contribution < 1.29 is 19.5 Å². The van der Waals surface area contributed by atoms with Crippen molar-refractivity contribution in [1.82, 2.24) is 10.6 Å².